The van der Waals surface area contributed by atoms with Gasteiger partial charge in [0.25, 0.3) is 0 Å². The molecule has 11 heteroatoms. The number of para-hydroxylation sites is 1. The third-order valence-corrected chi connectivity index (χ3v) is 7.08. The molecule has 2 aliphatic heterocycles. The number of ether oxygens (including phenoxy) is 2. The zero-order valence-corrected chi connectivity index (χ0v) is 22.6. The van der Waals surface area contributed by atoms with Crippen LogP contribution in [-0.2, 0) is 4.74 Å². The van der Waals surface area contributed by atoms with Crippen LogP contribution in [0.2, 0.25) is 5.02 Å². The van der Waals surface area contributed by atoms with E-state index in [-0.39, 0.29) is 11.6 Å². The number of anilines is 3. The quantitative estimate of drug-likeness (QED) is 0.332. The molecule has 200 valence electrons. The lowest BCUT2D eigenvalue weighted by Crippen LogP contribution is -2.78. The Kier molecular flexibility index (Phi) is 6.14. The fraction of sp³-hybridized carbons (Fsp3) is 0.321. The maximum Gasteiger partial charge on any atom is 0.410 e. The van der Waals surface area contributed by atoms with Gasteiger partial charge >= 0.3 is 6.09 Å². The zero-order chi connectivity index (χ0) is 27.2. The standard InChI is InChI=1S/C28H28ClN7O3/c1-27(2,3)39-26(37)36-12-11-28(36)15-35(16-28)23-10-9-20-24(34-23)25(32-17-31-20)33-22-13-19(29)21(14-30-22)38-18-7-5-4-6-8-18/h4-10,13-14,17H,11-12,15-16H2,1-3H3,(H,30,31,32,33). The van der Waals surface area contributed by atoms with Crippen LogP contribution in [0.3, 0.4) is 0 Å². The third kappa shape index (κ3) is 4.99. The van der Waals surface area contributed by atoms with E-state index in [9.17, 15) is 4.79 Å². The predicted octanol–water partition coefficient (Wildman–Crippen LogP) is 5.81. The van der Waals surface area contributed by atoms with Crippen molar-refractivity contribution in [2.75, 3.05) is 29.9 Å². The van der Waals surface area contributed by atoms with Gasteiger partial charge < -0.3 is 19.7 Å². The van der Waals surface area contributed by atoms with E-state index in [1.165, 1.54) is 6.33 Å². The number of amides is 1. The van der Waals surface area contributed by atoms with Crippen molar-refractivity contribution in [3.8, 4) is 11.5 Å². The van der Waals surface area contributed by atoms with Gasteiger partial charge in [0.15, 0.2) is 11.6 Å². The first-order chi connectivity index (χ1) is 18.7. The van der Waals surface area contributed by atoms with E-state index >= 15 is 0 Å². The Morgan fingerprint density at radius 2 is 1.87 bits per heavy atom. The lowest BCUT2D eigenvalue weighted by atomic mass is 9.78. The summed E-state index contributed by atoms with van der Waals surface area (Å²) < 4.78 is 11.4. The molecule has 2 fully saturated rings. The number of nitrogens with one attached hydrogen (secondary N) is 1. The van der Waals surface area contributed by atoms with Gasteiger partial charge in [-0.15, -0.1) is 0 Å². The topological polar surface area (TPSA) is 106 Å². The number of likely N-dealkylation sites (tertiary alicyclic amines) is 1. The van der Waals surface area contributed by atoms with Crippen molar-refractivity contribution in [2.24, 2.45) is 0 Å². The Labute approximate surface area is 231 Å². The van der Waals surface area contributed by atoms with Crippen molar-refractivity contribution < 1.29 is 14.3 Å². The van der Waals surface area contributed by atoms with Gasteiger partial charge in [-0.2, -0.15) is 0 Å². The molecular weight excluding hydrogens is 518 g/mol. The molecule has 2 aliphatic rings. The van der Waals surface area contributed by atoms with Crippen molar-refractivity contribution in [3.63, 3.8) is 0 Å². The maximum atomic E-state index is 12.6. The number of pyridine rings is 2. The molecule has 1 N–H and O–H groups in total. The van der Waals surface area contributed by atoms with Crippen LogP contribution in [0.5, 0.6) is 11.5 Å². The fourth-order valence-corrected chi connectivity index (χ4v) is 4.98. The van der Waals surface area contributed by atoms with Gasteiger partial charge in [0, 0.05) is 25.7 Å². The zero-order valence-electron chi connectivity index (χ0n) is 21.9. The highest BCUT2D eigenvalue weighted by molar-refractivity contribution is 6.32. The molecule has 5 heterocycles. The summed E-state index contributed by atoms with van der Waals surface area (Å²) in [5, 5.41) is 3.62. The highest BCUT2D eigenvalue weighted by Crippen LogP contribution is 2.42. The Balaban J connectivity index is 1.18. The lowest BCUT2D eigenvalue weighted by Gasteiger charge is -2.62. The largest absolute Gasteiger partial charge is 0.454 e. The highest BCUT2D eigenvalue weighted by atomic mass is 35.5. The first-order valence-electron chi connectivity index (χ1n) is 12.7. The van der Waals surface area contributed by atoms with Crippen molar-refractivity contribution in [3.05, 3.63) is 66.1 Å². The van der Waals surface area contributed by atoms with Crippen LogP contribution >= 0.6 is 11.6 Å². The number of halogens is 1. The number of carbonyl (C=O) groups excluding carboxylic acids is 1. The Hall–Kier alpha value is -4.18. The number of hydrogen-bond donors (Lipinski definition) is 1. The van der Waals surface area contributed by atoms with E-state index in [0.717, 1.165) is 12.2 Å². The molecule has 1 spiro atoms. The van der Waals surface area contributed by atoms with Gasteiger partial charge in [0.1, 0.15) is 34.8 Å². The van der Waals surface area contributed by atoms with Crippen LogP contribution in [0.15, 0.2) is 61.1 Å². The Morgan fingerprint density at radius 3 is 2.56 bits per heavy atom. The average molecular weight is 546 g/mol. The van der Waals surface area contributed by atoms with Gasteiger partial charge in [-0.3, -0.25) is 4.90 Å². The lowest BCUT2D eigenvalue weighted by molar-refractivity contribution is -0.0562. The molecule has 0 aliphatic carbocycles. The molecule has 0 saturated carbocycles. The molecule has 10 nitrogen and oxygen atoms in total. The summed E-state index contributed by atoms with van der Waals surface area (Å²) in [6.45, 7) is 7.75. The van der Waals surface area contributed by atoms with Crippen molar-refractivity contribution >= 4 is 46.2 Å². The second-order valence-electron chi connectivity index (χ2n) is 10.8. The van der Waals surface area contributed by atoms with E-state index in [2.05, 4.69) is 25.2 Å². The summed E-state index contributed by atoms with van der Waals surface area (Å²) >= 11 is 6.48. The van der Waals surface area contributed by atoms with Crippen molar-refractivity contribution in [2.45, 2.75) is 38.3 Å². The maximum absolute atomic E-state index is 12.6. The molecule has 4 aromatic rings. The number of carbonyl (C=O) groups is 1. The molecule has 39 heavy (non-hydrogen) atoms. The normalized spacial score (nSPS) is 16.0. The molecular formula is C28H28ClN7O3. The van der Waals surface area contributed by atoms with Gasteiger partial charge in [-0.1, -0.05) is 29.8 Å². The number of benzene rings is 1. The van der Waals surface area contributed by atoms with E-state index in [4.69, 9.17) is 26.1 Å². The van der Waals surface area contributed by atoms with Crippen LogP contribution in [-0.4, -0.2) is 61.7 Å². The third-order valence-electron chi connectivity index (χ3n) is 6.79. The minimum atomic E-state index is -0.519. The average Bonchev–Trinajstić information content (AvgIpc) is 2.84. The molecule has 3 aromatic heterocycles. The smallest absolute Gasteiger partial charge is 0.410 e. The van der Waals surface area contributed by atoms with Crippen LogP contribution in [0.1, 0.15) is 27.2 Å². The van der Waals surface area contributed by atoms with E-state index in [1.54, 1.807) is 12.3 Å². The SMILES string of the molecule is CC(C)(C)OC(=O)N1CCC12CN(c1ccc3ncnc(Nc4cc(Cl)c(Oc5ccccc5)cn4)c3n1)C2. The number of aromatic nitrogens is 4. The summed E-state index contributed by atoms with van der Waals surface area (Å²) in [5.74, 6) is 2.92. The highest BCUT2D eigenvalue weighted by Gasteiger charge is 2.56. The second-order valence-corrected chi connectivity index (χ2v) is 11.2. The second kappa shape index (κ2) is 9.53. The number of fused-ring (bicyclic) bond motifs is 1. The van der Waals surface area contributed by atoms with Gasteiger partial charge in [0.2, 0.25) is 0 Å². The minimum Gasteiger partial charge on any atom is -0.454 e. The van der Waals surface area contributed by atoms with E-state index in [0.29, 0.717) is 58.8 Å². The molecule has 0 bridgehead atoms. The monoisotopic (exact) mass is 545 g/mol. The summed E-state index contributed by atoms with van der Waals surface area (Å²) in [6.07, 6.45) is 3.73. The van der Waals surface area contributed by atoms with Crippen molar-refractivity contribution in [1.29, 1.82) is 0 Å². The van der Waals surface area contributed by atoms with Gasteiger partial charge in [-0.25, -0.2) is 24.7 Å². The van der Waals surface area contributed by atoms with E-state index < -0.39 is 5.60 Å². The Bertz CT molecular complexity index is 1540. The van der Waals surface area contributed by atoms with Crippen molar-refractivity contribution in [1.82, 2.24) is 24.8 Å². The molecule has 1 amide bonds. The Morgan fingerprint density at radius 1 is 1.08 bits per heavy atom. The summed E-state index contributed by atoms with van der Waals surface area (Å²) in [4.78, 5) is 34.7. The first kappa shape index (κ1) is 25.1. The number of hydrogen-bond acceptors (Lipinski definition) is 9. The number of rotatable bonds is 5. The van der Waals surface area contributed by atoms with Crippen LogP contribution in [0.4, 0.5) is 22.2 Å². The van der Waals surface area contributed by atoms with Gasteiger partial charge in [-0.05, 0) is 51.5 Å². The summed E-state index contributed by atoms with van der Waals surface area (Å²) in [5.41, 5.74) is 0.587. The predicted molar refractivity (Wildman–Crippen MR) is 149 cm³/mol. The number of nitrogens with zero attached hydrogens (tertiary/aromatic N) is 6. The summed E-state index contributed by atoms with van der Waals surface area (Å²) in [6, 6.07) is 14.9. The summed E-state index contributed by atoms with van der Waals surface area (Å²) in [7, 11) is 0. The molecule has 1 aromatic carbocycles. The fourth-order valence-electron chi connectivity index (χ4n) is 4.79. The van der Waals surface area contributed by atoms with Crippen LogP contribution in [0, 0.1) is 0 Å². The molecule has 2 saturated heterocycles. The molecule has 0 atom stereocenters. The van der Waals surface area contributed by atoms with Crippen LogP contribution < -0.4 is 15.0 Å². The van der Waals surface area contributed by atoms with Gasteiger partial charge in [0.05, 0.1) is 22.3 Å². The first-order valence-corrected chi connectivity index (χ1v) is 13.1. The molecule has 0 radical (unpaired) electrons. The van der Waals surface area contributed by atoms with E-state index in [1.807, 2.05) is 68.1 Å². The molecule has 6 rings (SSSR count). The van der Waals surface area contributed by atoms with Crippen LogP contribution in [0.25, 0.3) is 11.0 Å². The molecule has 0 unspecified atom stereocenters. The minimum absolute atomic E-state index is 0.197.